The summed E-state index contributed by atoms with van der Waals surface area (Å²) in [5.74, 6) is -0.372. The van der Waals surface area contributed by atoms with Crippen LogP contribution in [0.25, 0.3) is 0 Å². The second-order valence-electron chi connectivity index (χ2n) is 4.64. The molecule has 0 saturated heterocycles. The number of benzene rings is 1. The normalized spacial score (nSPS) is 11.2. The van der Waals surface area contributed by atoms with Gasteiger partial charge >= 0.3 is 0 Å². The Labute approximate surface area is 101 Å². The first kappa shape index (κ1) is 13.4. The molecule has 3 N–H and O–H groups in total. The van der Waals surface area contributed by atoms with E-state index in [9.17, 15) is 9.59 Å². The molecule has 17 heavy (non-hydrogen) atoms. The fourth-order valence-corrected chi connectivity index (χ4v) is 1.30. The second kappa shape index (κ2) is 5.59. The highest BCUT2D eigenvalue weighted by molar-refractivity contribution is 5.97. The van der Waals surface area contributed by atoms with E-state index in [1.54, 1.807) is 26.0 Å². The summed E-state index contributed by atoms with van der Waals surface area (Å²) < 4.78 is 0. The Kier molecular flexibility index (Phi) is 4.40. The molecule has 0 aromatic heterocycles. The van der Waals surface area contributed by atoms with Crippen molar-refractivity contribution in [3.8, 4) is 0 Å². The maximum Gasteiger partial charge on any atom is 0.224 e. The molecule has 0 bridgehead atoms. The van der Waals surface area contributed by atoms with Gasteiger partial charge in [0, 0.05) is 12.1 Å². The van der Waals surface area contributed by atoms with Crippen LogP contribution in [0.1, 0.15) is 24.2 Å². The maximum absolute atomic E-state index is 11.7. The summed E-state index contributed by atoms with van der Waals surface area (Å²) in [6, 6.07) is 9.04. The first-order chi connectivity index (χ1) is 7.93. The zero-order chi connectivity index (χ0) is 12.9. The minimum absolute atomic E-state index is 0.00544. The summed E-state index contributed by atoms with van der Waals surface area (Å²) in [6.45, 7) is 4.09. The lowest BCUT2D eigenvalue weighted by molar-refractivity contribution is -0.125. The van der Waals surface area contributed by atoms with E-state index in [0.717, 1.165) is 0 Å². The smallest absolute Gasteiger partial charge is 0.224 e. The first-order valence-corrected chi connectivity index (χ1v) is 5.52. The molecule has 4 nitrogen and oxygen atoms in total. The average molecular weight is 234 g/mol. The molecule has 0 aliphatic carbocycles. The van der Waals surface area contributed by atoms with Gasteiger partial charge in [-0.1, -0.05) is 30.3 Å². The second-order valence-corrected chi connectivity index (χ2v) is 4.64. The van der Waals surface area contributed by atoms with Gasteiger partial charge in [-0.25, -0.2) is 0 Å². The molecule has 1 rings (SSSR count). The molecule has 4 heteroatoms. The van der Waals surface area contributed by atoms with E-state index < -0.39 is 5.41 Å². The van der Waals surface area contributed by atoms with Crippen molar-refractivity contribution in [2.45, 2.75) is 13.8 Å². The van der Waals surface area contributed by atoms with Gasteiger partial charge in [0.05, 0.1) is 12.0 Å². The summed E-state index contributed by atoms with van der Waals surface area (Å²) in [4.78, 5) is 22.8. The van der Waals surface area contributed by atoms with Crippen molar-refractivity contribution < 1.29 is 9.59 Å². The van der Waals surface area contributed by atoms with Crippen LogP contribution in [0.4, 0.5) is 0 Å². The summed E-state index contributed by atoms with van der Waals surface area (Å²) in [5.41, 5.74) is 5.26. The number of nitrogens with two attached hydrogens (primary N) is 1. The summed E-state index contributed by atoms with van der Waals surface area (Å²) in [7, 11) is 0. The van der Waals surface area contributed by atoms with E-state index in [4.69, 9.17) is 5.73 Å². The third-order valence-electron chi connectivity index (χ3n) is 2.62. The van der Waals surface area contributed by atoms with Gasteiger partial charge < -0.3 is 11.1 Å². The van der Waals surface area contributed by atoms with Gasteiger partial charge in [-0.3, -0.25) is 9.59 Å². The van der Waals surface area contributed by atoms with Gasteiger partial charge in [-0.15, -0.1) is 0 Å². The lowest BCUT2D eigenvalue weighted by Gasteiger charge is -2.20. The number of amides is 1. The highest BCUT2D eigenvalue weighted by Gasteiger charge is 2.24. The number of primary amides is 1. The fourth-order valence-electron chi connectivity index (χ4n) is 1.30. The zero-order valence-electron chi connectivity index (χ0n) is 10.2. The van der Waals surface area contributed by atoms with E-state index in [-0.39, 0.29) is 18.2 Å². The van der Waals surface area contributed by atoms with E-state index in [0.29, 0.717) is 12.1 Å². The standard InChI is InChI=1S/C13H18N2O2/c1-13(2,12(14)17)9-15-8-11(16)10-6-4-3-5-7-10/h3-7,15H,8-9H2,1-2H3,(H2,14,17). The summed E-state index contributed by atoms with van der Waals surface area (Å²) in [5, 5.41) is 2.95. The molecule has 0 heterocycles. The van der Waals surface area contributed by atoms with Crippen LogP contribution in [0.5, 0.6) is 0 Å². The summed E-state index contributed by atoms with van der Waals surface area (Å²) in [6.07, 6.45) is 0. The fraction of sp³-hybridized carbons (Fsp3) is 0.385. The van der Waals surface area contributed by atoms with Crippen molar-refractivity contribution in [2.24, 2.45) is 11.1 Å². The molecule has 92 valence electrons. The van der Waals surface area contributed by atoms with Crippen molar-refractivity contribution in [3.05, 3.63) is 35.9 Å². The Morgan fingerprint density at radius 3 is 2.35 bits per heavy atom. The van der Waals surface area contributed by atoms with Gasteiger partial charge in [0.1, 0.15) is 0 Å². The molecule has 1 aromatic rings. The van der Waals surface area contributed by atoms with Crippen LogP contribution in [0.3, 0.4) is 0 Å². The average Bonchev–Trinajstić information content (AvgIpc) is 2.29. The quantitative estimate of drug-likeness (QED) is 0.720. The highest BCUT2D eigenvalue weighted by Crippen LogP contribution is 2.11. The Morgan fingerprint density at radius 1 is 1.24 bits per heavy atom. The van der Waals surface area contributed by atoms with E-state index in [1.807, 2.05) is 18.2 Å². The van der Waals surface area contributed by atoms with Gasteiger partial charge in [-0.2, -0.15) is 0 Å². The monoisotopic (exact) mass is 234 g/mol. The lowest BCUT2D eigenvalue weighted by atomic mass is 9.93. The molecule has 0 radical (unpaired) electrons. The number of nitrogens with one attached hydrogen (secondary N) is 1. The number of hydrogen-bond acceptors (Lipinski definition) is 3. The van der Waals surface area contributed by atoms with Crippen molar-refractivity contribution in [1.29, 1.82) is 0 Å². The van der Waals surface area contributed by atoms with Crippen LogP contribution in [0.2, 0.25) is 0 Å². The number of Topliss-reactive ketones (excluding diaryl/α,β-unsaturated/α-hetero) is 1. The third-order valence-corrected chi connectivity index (χ3v) is 2.62. The van der Waals surface area contributed by atoms with Crippen molar-refractivity contribution in [3.63, 3.8) is 0 Å². The van der Waals surface area contributed by atoms with Crippen LogP contribution in [-0.2, 0) is 4.79 Å². The van der Waals surface area contributed by atoms with Crippen LogP contribution in [-0.4, -0.2) is 24.8 Å². The highest BCUT2D eigenvalue weighted by atomic mass is 16.1. The number of rotatable bonds is 6. The van der Waals surface area contributed by atoms with E-state index >= 15 is 0 Å². The van der Waals surface area contributed by atoms with Gasteiger partial charge in [0.2, 0.25) is 5.91 Å². The topological polar surface area (TPSA) is 72.2 Å². The molecule has 0 atom stereocenters. The van der Waals surface area contributed by atoms with Crippen molar-refractivity contribution >= 4 is 11.7 Å². The lowest BCUT2D eigenvalue weighted by Crippen LogP contribution is -2.41. The number of ketones is 1. The van der Waals surface area contributed by atoms with Gasteiger partial charge in [-0.05, 0) is 13.8 Å². The van der Waals surface area contributed by atoms with Crippen LogP contribution in [0.15, 0.2) is 30.3 Å². The molecule has 1 amide bonds. The zero-order valence-corrected chi connectivity index (χ0v) is 10.2. The molecule has 0 fully saturated rings. The minimum Gasteiger partial charge on any atom is -0.369 e. The molecule has 0 aliphatic rings. The van der Waals surface area contributed by atoms with Crippen LogP contribution < -0.4 is 11.1 Å². The predicted molar refractivity (Wildman–Crippen MR) is 66.6 cm³/mol. The number of hydrogen-bond donors (Lipinski definition) is 2. The molecule has 0 unspecified atom stereocenters. The SMILES string of the molecule is CC(C)(CNCC(=O)c1ccccc1)C(N)=O. The minimum atomic E-state index is -0.642. The van der Waals surface area contributed by atoms with Gasteiger partial charge in [0.15, 0.2) is 5.78 Å². The Morgan fingerprint density at radius 2 is 1.82 bits per heavy atom. The number of carbonyl (C=O) groups excluding carboxylic acids is 2. The molecule has 0 saturated carbocycles. The Balaban J connectivity index is 2.43. The third kappa shape index (κ3) is 4.00. The van der Waals surface area contributed by atoms with Crippen molar-refractivity contribution in [2.75, 3.05) is 13.1 Å². The molecule has 1 aromatic carbocycles. The van der Waals surface area contributed by atoms with Crippen LogP contribution >= 0.6 is 0 Å². The van der Waals surface area contributed by atoms with E-state index in [2.05, 4.69) is 5.32 Å². The summed E-state index contributed by atoms with van der Waals surface area (Å²) >= 11 is 0. The maximum atomic E-state index is 11.7. The number of carbonyl (C=O) groups is 2. The van der Waals surface area contributed by atoms with Crippen LogP contribution in [0, 0.1) is 5.41 Å². The molecular weight excluding hydrogens is 216 g/mol. The molecule has 0 aliphatic heterocycles. The molecular formula is C13H18N2O2. The molecule has 0 spiro atoms. The van der Waals surface area contributed by atoms with Crippen molar-refractivity contribution in [1.82, 2.24) is 5.32 Å². The van der Waals surface area contributed by atoms with E-state index in [1.165, 1.54) is 0 Å². The largest absolute Gasteiger partial charge is 0.369 e. The predicted octanol–water partition coefficient (Wildman–Crippen LogP) is 0.970. The van der Waals surface area contributed by atoms with Gasteiger partial charge in [0.25, 0.3) is 0 Å². The Bertz CT molecular complexity index is 399. The first-order valence-electron chi connectivity index (χ1n) is 5.52. The Hall–Kier alpha value is -1.68.